The average Bonchev–Trinajstić information content (AvgIpc) is 3.10. The van der Waals surface area contributed by atoms with E-state index in [0.29, 0.717) is 6.10 Å². The Morgan fingerprint density at radius 2 is 1.79 bits per heavy atom. The molecule has 1 saturated carbocycles. The molecule has 0 aliphatic heterocycles. The number of benzene rings is 1. The molecule has 2 aromatic rings. The van der Waals surface area contributed by atoms with Gasteiger partial charge in [0.15, 0.2) is 6.29 Å². The highest BCUT2D eigenvalue weighted by Crippen LogP contribution is 2.30. The summed E-state index contributed by atoms with van der Waals surface area (Å²) in [5.41, 5.74) is 1.14. The molecule has 0 amide bonds. The van der Waals surface area contributed by atoms with Crippen LogP contribution in [0.1, 0.15) is 35.4 Å². The number of carbonyl (C=O) groups excluding carboxylic acids is 1. The Bertz CT molecular complexity index is 550. The molecule has 1 aromatic heterocycles. The van der Waals surface area contributed by atoms with Crippen molar-refractivity contribution in [3.05, 3.63) is 41.3 Å². The molecule has 1 aliphatic carbocycles. The third-order valence-corrected chi connectivity index (χ3v) is 4.55. The number of hydrogen-bond acceptors (Lipinski definition) is 3. The molecule has 0 radical (unpaired) electrons. The highest BCUT2D eigenvalue weighted by molar-refractivity contribution is 7.17. The Kier molecular flexibility index (Phi) is 3.65. The third-order valence-electron chi connectivity index (χ3n) is 3.49. The van der Waals surface area contributed by atoms with E-state index < -0.39 is 0 Å². The van der Waals surface area contributed by atoms with Gasteiger partial charge in [-0.3, -0.25) is 4.79 Å². The van der Waals surface area contributed by atoms with Gasteiger partial charge in [0.1, 0.15) is 5.75 Å². The fourth-order valence-electron chi connectivity index (χ4n) is 2.47. The number of rotatable bonds is 4. The van der Waals surface area contributed by atoms with Gasteiger partial charge in [0, 0.05) is 4.88 Å². The molecule has 2 nitrogen and oxygen atoms in total. The summed E-state index contributed by atoms with van der Waals surface area (Å²) in [7, 11) is 0. The summed E-state index contributed by atoms with van der Waals surface area (Å²) in [6.45, 7) is 0. The molecular formula is C16H16O2S. The van der Waals surface area contributed by atoms with Crippen molar-refractivity contribution in [2.75, 3.05) is 0 Å². The van der Waals surface area contributed by atoms with Crippen LogP contribution in [0.2, 0.25) is 0 Å². The van der Waals surface area contributed by atoms with E-state index in [9.17, 15) is 4.79 Å². The smallest absolute Gasteiger partial charge is 0.160 e. The van der Waals surface area contributed by atoms with E-state index in [1.165, 1.54) is 37.0 Å². The van der Waals surface area contributed by atoms with Crippen LogP contribution in [0.5, 0.6) is 5.75 Å². The number of hydrogen-bond donors (Lipinski definition) is 0. The fourth-order valence-corrected chi connectivity index (χ4v) is 3.30. The van der Waals surface area contributed by atoms with Gasteiger partial charge < -0.3 is 4.74 Å². The molecule has 0 N–H and O–H groups in total. The van der Waals surface area contributed by atoms with E-state index in [-0.39, 0.29) is 0 Å². The van der Waals surface area contributed by atoms with Crippen LogP contribution in [-0.4, -0.2) is 12.4 Å². The van der Waals surface area contributed by atoms with Gasteiger partial charge in [-0.1, -0.05) is 0 Å². The summed E-state index contributed by atoms with van der Waals surface area (Å²) >= 11 is 1.52. The Hall–Kier alpha value is -1.61. The second kappa shape index (κ2) is 5.57. The lowest BCUT2D eigenvalue weighted by atomic mass is 10.2. The molecule has 19 heavy (non-hydrogen) atoms. The van der Waals surface area contributed by atoms with E-state index in [4.69, 9.17) is 4.74 Å². The highest BCUT2D eigenvalue weighted by atomic mass is 32.1. The molecule has 0 unspecified atom stereocenters. The minimum Gasteiger partial charge on any atom is -0.490 e. The van der Waals surface area contributed by atoms with E-state index in [0.717, 1.165) is 27.4 Å². The van der Waals surface area contributed by atoms with Crippen molar-refractivity contribution in [2.45, 2.75) is 31.8 Å². The van der Waals surface area contributed by atoms with Crippen molar-refractivity contribution >= 4 is 17.6 Å². The molecule has 1 fully saturated rings. The minimum absolute atomic E-state index is 0.397. The Labute approximate surface area is 117 Å². The molecule has 0 atom stereocenters. The van der Waals surface area contributed by atoms with Crippen LogP contribution in [-0.2, 0) is 0 Å². The van der Waals surface area contributed by atoms with Gasteiger partial charge >= 0.3 is 0 Å². The molecule has 1 heterocycles. The number of aldehydes is 1. The van der Waals surface area contributed by atoms with Gasteiger partial charge in [-0.2, -0.15) is 0 Å². The van der Waals surface area contributed by atoms with Gasteiger partial charge in [0.25, 0.3) is 0 Å². The maximum atomic E-state index is 10.7. The summed E-state index contributed by atoms with van der Waals surface area (Å²) in [4.78, 5) is 12.6. The molecule has 3 rings (SSSR count). The molecule has 98 valence electrons. The molecule has 0 spiro atoms. The predicted octanol–water partition coefficient (Wildman–Crippen LogP) is 4.55. The summed E-state index contributed by atoms with van der Waals surface area (Å²) in [5.74, 6) is 0.947. The van der Waals surface area contributed by atoms with Crippen molar-refractivity contribution < 1.29 is 9.53 Å². The second-order valence-corrected chi connectivity index (χ2v) is 5.98. The van der Waals surface area contributed by atoms with Gasteiger partial charge in [-0.25, -0.2) is 0 Å². The zero-order valence-corrected chi connectivity index (χ0v) is 11.5. The normalized spacial score (nSPS) is 15.6. The summed E-state index contributed by atoms with van der Waals surface area (Å²) in [5, 5.41) is 0. The quantitative estimate of drug-likeness (QED) is 0.763. The van der Waals surface area contributed by atoms with Crippen molar-refractivity contribution in [1.29, 1.82) is 0 Å². The predicted molar refractivity (Wildman–Crippen MR) is 78.0 cm³/mol. The van der Waals surface area contributed by atoms with Crippen molar-refractivity contribution in [1.82, 2.24) is 0 Å². The SMILES string of the molecule is O=Cc1ccc(-c2ccc(OC3CCCC3)cc2)s1. The molecule has 1 aliphatic rings. The molecule has 1 aromatic carbocycles. The number of ether oxygens (including phenoxy) is 1. The Morgan fingerprint density at radius 1 is 1.05 bits per heavy atom. The van der Waals surface area contributed by atoms with E-state index >= 15 is 0 Å². The van der Waals surface area contributed by atoms with E-state index in [1.54, 1.807) is 0 Å². The maximum Gasteiger partial charge on any atom is 0.160 e. The zero-order chi connectivity index (χ0) is 13.1. The largest absolute Gasteiger partial charge is 0.490 e. The first kappa shape index (κ1) is 12.4. The molecule has 3 heteroatoms. The molecular weight excluding hydrogens is 256 g/mol. The first-order chi connectivity index (χ1) is 9.35. The van der Waals surface area contributed by atoms with Crippen LogP contribution in [0, 0.1) is 0 Å². The second-order valence-electron chi connectivity index (χ2n) is 4.87. The van der Waals surface area contributed by atoms with Crippen LogP contribution in [0.25, 0.3) is 10.4 Å². The van der Waals surface area contributed by atoms with E-state index in [1.807, 2.05) is 24.3 Å². The lowest BCUT2D eigenvalue weighted by molar-refractivity contribution is 0.112. The topological polar surface area (TPSA) is 26.3 Å². The summed E-state index contributed by atoms with van der Waals surface area (Å²) < 4.78 is 5.94. The van der Waals surface area contributed by atoms with Crippen LogP contribution < -0.4 is 4.74 Å². The fraction of sp³-hybridized carbons (Fsp3) is 0.312. The first-order valence-electron chi connectivity index (χ1n) is 6.67. The molecule has 0 bridgehead atoms. The van der Waals surface area contributed by atoms with Crippen molar-refractivity contribution in [3.8, 4) is 16.2 Å². The Balaban J connectivity index is 1.72. The summed E-state index contributed by atoms with van der Waals surface area (Å²) in [6.07, 6.45) is 6.21. The zero-order valence-electron chi connectivity index (χ0n) is 10.7. The van der Waals surface area contributed by atoms with Gasteiger partial charge in [-0.05, 0) is 67.6 Å². The monoisotopic (exact) mass is 272 g/mol. The lowest BCUT2D eigenvalue weighted by Gasteiger charge is -2.13. The third kappa shape index (κ3) is 2.87. The standard InChI is InChI=1S/C16H16O2S/c17-11-15-9-10-16(19-15)12-5-7-14(8-6-12)18-13-3-1-2-4-13/h5-11,13H,1-4H2. The average molecular weight is 272 g/mol. The van der Waals surface area contributed by atoms with Crippen LogP contribution in [0.15, 0.2) is 36.4 Å². The Morgan fingerprint density at radius 3 is 2.42 bits per heavy atom. The van der Waals surface area contributed by atoms with Crippen LogP contribution in [0.3, 0.4) is 0 Å². The van der Waals surface area contributed by atoms with Gasteiger partial charge in [0.05, 0.1) is 11.0 Å². The van der Waals surface area contributed by atoms with E-state index in [2.05, 4.69) is 12.1 Å². The first-order valence-corrected chi connectivity index (χ1v) is 7.49. The lowest BCUT2D eigenvalue weighted by Crippen LogP contribution is -2.10. The van der Waals surface area contributed by atoms with Crippen LogP contribution >= 0.6 is 11.3 Å². The van der Waals surface area contributed by atoms with Gasteiger partial charge in [-0.15, -0.1) is 11.3 Å². The van der Waals surface area contributed by atoms with Crippen LogP contribution in [0.4, 0.5) is 0 Å². The molecule has 0 saturated heterocycles. The summed E-state index contributed by atoms with van der Waals surface area (Å²) in [6, 6.07) is 12.0. The number of thiophene rings is 1. The van der Waals surface area contributed by atoms with Gasteiger partial charge in [0.2, 0.25) is 0 Å². The highest BCUT2D eigenvalue weighted by Gasteiger charge is 2.16. The van der Waals surface area contributed by atoms with Crippen molar-refractivity contribution in [2.24, 2.45) is 0 Å². The maximum absolute atomic E-state index is 10.7. The number of carbonyl (C=O) groups is 1. The minimum atomic E-state index is 0.397. The van der Waals surface area contributed by atoms with Crippen molar-refractivity contribution in [3.63, 3.8) is 0 Å².